The predicted octanol–water partition coefficient (Wildman–Crippen LogP) is 16.3. The lowest BCUT2D eigenvalue weighted by Crippen LogP contribution is -2.00. The van der Waals surface area contributed by atoms with Gasteiger partial charge in [0.2, 0.25) is 0 Å². The highest BCUT2D eigenvalue weighted by Gasteiger charge is 2.20. The third-order valence-corrected chi connectivity index (χ3v) is 12.4. The summed E-state index contributed by atoms with van der Waals surface area (Å²) in [7, 11) is 0. The molecule has 2 heterocycles. The number of hydrogen-bond donors (Lipinski definition) is 0. The molecule has 0 aliphatic heterocycles. The number of fused-ring (bicyclic) bond motifs is 4. The SMILES string of the molecule is c1ccc(-c2ccc(-c3ccc(-c4nc(-c5cccc(-c6cccc7ccccc67)c5)nc(-c5cccc6oc7c(-c8ccc(-c9ccccc9)cc8)cccc7c56)n4)cc3)cc2)cc1. The average Bonchev–Trinajstić information content (AvgIpc) is 3.79. The van der Waals surface area contributed by atoms with Crippen LogP contribution in [0.25, 0.3) is 123 Å². The molecule has 0 atom stereocenters. The van der Waals surface area contributed by atoms with Crippen molar-refractivity contribution in [3.05, 3.63) is 237 Å². The molecule has 0 radical (unpaired) electrons. The maximum Gasteiger partial charge on any atom is 0.164 e. The van der Waals surface area contributed by atoms with E-state index < -0.39 is 0 Å². The van der Waals surface area contributed by atoms with Gasteiger partial charge in [0, 0.05) is 33.0 Å². The minimum absolute atomic E-state index is 0.576. The van der Waals surface area contributed by atoms with E-state index in [2.05, 4.69) is 212 Å². The maximum absolute atomic E-state index is 6.76. The zero-order valence-corrected chi connectivity index (χ0v) is 35.3. The predicted molar refractivity (Wildman–Crippen MR) is 268 cm³/mol. The molecule has 4 nitrogen and oxygen atoms in total. The van der Waals surface area contributed by atoms with Crippen LogP contribution in [0.3, 0.4) is 0 Å². The van der Waals surface area contributed by atoms with Crippen molar-refractivity contribution in [3.8, 4) is 89.8 Å². The molecule has 0 aliphatic carbocycles. The first-order chi connectivity index (χ1) is 32.2. The first-order valence-electron chi connectivity index (χ1n) is 21.9. The van der Waals surface area contributed by atoms with Gasteiger partial charge in [0.15, 0.2) is 17.5 Å². The molecule has 0 aliphatic rings. The van der Waals surface area contributed by atoms with E-state index >= 15 is 0 Å². The lowest BCUT2D eigenvalue weighted by Gasteiger charge is -2.12. The van der Waals surface area contributed by atoms with E-state index in [9.17, 15) is 0 Å². The molecule has 304 valence electrons. The van der Waals surface area contributed by atoms with Crippen molar-refractivity contribution in [3.63, 3.8) is 0 Å². The van der Waals surface area contributed by atoms with E-state index in [1.54, 1.807) is 0 Å². The molecule has 0 spiro atoms. The summed E-state index contributed by atoms with van der Waals surface area (Å²) in [6.45, 7) is 0. The Morgan fingerprint density at radius 3 is 1.37 bits per heavy atom. The molecule has 4 heteroatoms. The van der Waals surface area contributed by atoms with Crippen LogP contribution in [0.2, 0.25) is 0 Å². The molecule has 0 bridgehead atoms. The van der Waals surface area contributed by atoms with Crippen molar-refractivity contribution >= 4 is 32.7 Å². The second-order valence-electron chi connectivity index (χ2n) is 16.3. The number of para-hydroxylation sites is 1. The Morgan fingerprint density at radius 2 is 0.692 bits per heavy atom. The van der Waals surface area contributed by atoms with Gasteiger partial charge in [0.05, 0.1) is 0 Å². The summed E-state index contributed by atoms with van der Waals surface area (Å²) in [5, 5.41) is 4.36. The number of aromatic nitrogens is 3. The molecular weight excluding hydrogens is 791 g/mol. The van der Waals surface area contributed by atoms with Crippen LogP contribution in [0.15, 0.2) is 241 Å². The second kappa shape index (κ2) is 16.2. The molecular formula is C61H39N3O. The van der Waals surface area contributed by atoms with E-state index in [4.69, 9.17) is 19.4 Å². The highest BCUT2D eigenvalue weighted by molar-refractivity contribution is 6.15. The van der Waals surface area contributed by atoms with Gasteiger partial charge in [-0.25, -0.2) is 15.0 Å². The number of hydrogen-bond acceptors (Lipinski definition) is 4. The van der Waals surface area contributed by atoms with Gasteiger partial charge >= 0.3 is 0 Å². The molecule has 0 N–H and O–H groups in total. The van der Waals surface area contributed by atoms with Gasteiger partial charge in [-0.15, -0.1) is 0 Å². The van der Waals surface area contributed by atoms with E-state index in [1.165, 1.54) is 33.0 Å². The second-order valence-corrected chi connectivity index (χ2v) is 16.3. The Hall–Kier alpha value is -8.73. The van der Waals surface area contributed by atoms with Gasteiger partial charge in [-0.2, -0.15) is 0 Å². The Kier molecular flexibility index (Phi) is 9.46. The van der Waals surface area contributed by atoms with Crippen molar-refractivity contribution in [2.24, 2.45) is 0 Å². The zero-order valence-electron chi connectivity index (χ0n) is 35.3. The van der Waals surface area contributed by atoms with Crippen LogP contribution < -0.4 is 0 Å². The van der Waals surface area contributed by atoms with Gasteiger partial charge in [0.1, 0.15) is 11.2 Å². The normalized spacial score (nSPS) is 11.4. The monoisotopic (exact) mass is 829 g/mol. The first-order valence-corrected chi connectivity index (χ1v) is 21.9. The van der Waals surface area contributed by atoms with E-state index in [-0.39, 0.29) is 0 Å². The largest absolute Gasteiger partial charge is 0.455 e. The highest BCUT2D eigenvalue weighted by Crippen LogP contribution is 2.41. The van der Waals surface area contributed by atoms with Crippen molar-refractivity contribution in [2.75, 3.05) is 0 Å². The van der Waals surface area contributed by atoms with Crippen LogP contribution in [-0.4, -0.2) is 15.0 Å². The smallest absolute Gasteiger partial charge is 0.164 e. The molecule has 12 aromatic rings. The number of benzene rings is 10. The van der Waals surface area contributed by atoms with Gasteiger partial charge in [0.25, 0.3) is 0 Å². The van der Waals surface area contributed by atoms with Crippen molar-refractivity contribution in [1.29, 1.82) is 0 Å². The fourth-order valence-corrected chi connectivity index (χ4v) is 9.09. The van der Waals surface area contributed by atoms with Gasteiger partial charge in [-0.3, -0.25) is 0 Å². The van der Waals surface area contributed by atoms with Crippen molar-refractivity contribution < 1.29 is 4.42 Å². The summed E-state index contributed by atoms with van der Waals surface area (Å²) in [6, 6.07) is 82.9. The zero-order chi connectivity index (χ0) is 43.1. The fourth-order valence-electron chi connectivity index (χ4n) is 9.09. The first kappa shape index (κ1) is 38.0. The minimum Gasteiger partial charge on any atom is -0.455 e. The molecule has 0 saturated carbocycles. The highest BCUT2D eigenvalue weighted by atomic mass is 16.3. The van der Waals surface area contributed by atoms with E-state index in [0.717, 1.165) is 72.0 Å². The summed E-state index contributed by atoms with van der Waals surface area (Å²) >= 11 is 0. The summed E-state index contributed by atoms with van der Waals surface area (Å²) < 4.78 is 6.76. The quantitative estimate of drug-likeness (QED) is 0.153. The maximum atomic E-state index is 6.76. The third kappa shape index (κ3) is 7.13. The molecule has 0 unspecified atom stereocenters. The number of furan rings is 1. The van der Waals surface area contributed by atoms with Crippen LogP contribution >= 0.6 is 0 Å². The molecule has 12 rings (SSSR count). The van der Waals surface area contributed by atoms with Crippen LogP contribution in [0.1, 0.15) is 0 Å². The van der Waals surface area contributed by atoms with Crippen molar-refractivity contribution in [1.82, 2.24) is 15.0 Å². The Balaban J connectivity index is 0.979. The number of rotatable bonds is 8. The summed E-state index contributed by atoms with van der Waals surface area (Å²) in [5.41, 5.74) is 15.7. The van der Waals surface area contributed by atoms with Crippen LogP contribution in [0.4, 0.5) is 0 Å². The summed E-state index contributed by atoms with van der Waals surface area (Å²) in [5.74, 6) is 1.76. The molecule has 65 heavy (non-hydrogen) atoms. The molecule has 0 saturated heterocycles. The Morgan fingerprint density at radius 1 is 0.262 bits per heavy atom. The van der Waals surface area contributed by atoms with Gasteiger partial charge in [-0.1, -0.05) is 224 Å². The van der Waals surface area contributed by atoms with Crippen LogP contribution in [0.5, 0.6) is 0 Å². The van der Waals surface area contributed by atoms with Crippen LogP contribution in [0, 0.1) is 0 Å². The molecule has 10 aromatic carbocycles. The summed E-state index contributed by atoms with van der Waals surface area (Å²) in [4.78, 5) is 15.8. The van der Waals surface area contributed by atoms with E-state index in [0.29, 0.717) is 17.5 Å². The van der Waals surface area contributed by atoms with Gasteiger partial charge < -0.3 is 4.42 Å². The minimum atomic E-state index is 0.576. The fraction of sp³-hybridized carbons (Fsp3) is 0. The molecule has 2 aromatic heterocycles. The number of nitrogens with zero attached hydrogens (tertiary/aromatic N) is 3. The van der Waals surface area contributed by atoms with E-state index in [1.807, 2.05) is 24.3 Å². The molecule has 0 amide bonds. The average molecular weight is 830 g/mol. The standard InChI is InChI=1S/C61H39N3O/c1-3-13-40(14-4-1)42-27-29-44(30-28-42)45-33-37-48(38-34-45)59-62-60(50-20-9-19-49(39-50)52-22-10-18-46-17-7-8-21-51(46)52)64-61(63-59)55-25-12-26-56-57(55)54-24-11-23-53(58(54)65-56)47-35-31-43(32-36-47)41-15-5-2-6-16-41/h1-39H. The van der Waals surface area contributed by atoms with Crippen LogP contribution in [-0.2, 0) is 0 Å². The summed E-state index contributed by atoms with van der Waals surface area (Å²) in [6.07, 6.45) is 0. The lowest BCUT2D eigenvalue weighted by atomic mass is 9.97. The molecule has 0 fully saturated rings. The Bertz CT molecular complexity index is 3670. The third-order valence-electron chi connectivity index (χ3n) is 12.4. The van der Waals surface area contributed by atoms with Gasteiger partial charge in [-0.05, 0) is 73.0 Å². The Labute approximate surface area is 376 Å². The lowest BCUT2D eigenvalue weighted by molar-refractivity contribution is 0.670. The van der Waals surface area contributed by atoms with Crippen molar-refractivity contribution in [2.45, 2.75) is 0 Å². The topological polar surface area (TPSA) is 51.8 Å².